The van der Waals surface area contributed by atoms with E-state index in [-0.39, 0.29) is 25.4 Å². The fourth-order valence-electron chi connectivity index (χ4n) is 2.07. The number of nitriles is 1. The van der Waals surface area contributed by atoms with Gasteiger partial charge in [0.15, 0.2) is 0 Å². The van der Waals surface area contributed by atoms with Crippen LogP contribution >= 0.6 is 11.6 Å². The third-order valence-corrected chi connectivity index (χ3v) is 3.37. The first kappa shape index (κ1) is 13.1. The van der Waals surface area contributed by atoms with Gasteiger partial charge >= 0.3 is 0 Å². The second-order valence-corrected chi connectivity index (χ2v) is 4.94. The Bertz CT molecular complexity index is 484. The van der Waals surface area contributed by atoms with Crippen LogP contribution in [0.1, 0.15) is 24.8 Å². The molecule has 1 saturated carbocycles. The predicted octanol–water partition coefficient (Wildman–Crippen LogP) is 4.03. The number of hydrogen-bond donors (Lipinski definition) is 0. The van der Waals surface area contributed by atoms with Gasteiger partial charge < -0.3 is 4.74 Å². The molecule has 1 unspecified atom stereocenters. The molecule has 1 atom stereocenters. The van der Waals surface area contributed by atoms with Crippen molar-refractivity contribution in [2.24, 2.45) is 5.92 Å². The van der Waals surface area contributed by atoms with Crippen LogP contribution in [0, 0.1) is 17.2 Å². The van der Waals surface area contributed by atoms with E-state index >= 15 is 0 Å². The maximum Gasteiger partial charge on any atom is 0.248 e. The van der Waals surface area contributed by atoms with Crippen molar-refractivity contribution in [3.05, 3.63) is 28.8 Å². The zero-order valence-electron chi connectivity index (χ0n) is 9.63. The highest BCUT2D eigenvalue weighted by atomic mass is 35.5. The van der Waals surface area contributed by atoms with Gasteiger partial charge in [-0.05, 0) is 24.5 Å². The summed E-state index contributed by atoms with van der Waals surface area (Å²) in [7, 11) is 0. The van der Waals surface area contributed by atoms with Crippen LogP contribution in [0.2, 0.25) is 5.02 Å². The molecule has 1 fully saturated rings. The summed E-state index contributed by atoms with van der Waals surface area (Å²) >= 11 is 5.85. The van der Waals surface area contributed by atoms with E-state index in [0.29, 0.717) is 22.8 Å². The lowest BCUT2D eigenvalue weighted by Gasteiger charge is -2.12. The molecule has 1 aliphatic carbocycles. The summed E-state index contributed by atoms with van der Waals surface area (Å²) in [6, 6.07) is 6.66. The molecule has 2 nitrogen and oxygen atoms in total. The monoisotopic (exact) mass is 271 g/mol. The number of rotatable bonds is 3. The lowest BCUT2D eigenvalue weighted by atomic mass is 10.1. The molecule has 1 aliphatic rings. The molecule has 0 aliphatic heterocycles. The minimum atomic E-state index is -2.55. The van der Waals surface area contributed by atoms with Crippen molar-refractivity contribution >= 4 is 11.6 Å². The van der Waals surface area contributed by atoms with Crippen LogP contribution in [0.15, 0.2) is 18.2 Å². The second-order valence-electron chi connectivity index (χ2n) is 4.53. The number of hydrogen-bond acceptors (Lipinski definition) is 2. The minimum Gasteiger partial charge on any atom is -0.493 e. The summed E-state index contributed by atoms with van der Waals surface area (Å²) in [5.41, 5.74) is 0.372. The zero-order chi connectivity index (χ0) is 13.2. The van der Waals surface area contributed by atoms with Gasteiger partial charge in [0.1, 0.15) is 11.8 Å². The van der Waals surface area contributed by atoms with Crippen molar-refractivity contribution in [2.45, 2.75) is 25.2 Å². The third-order valence-electron chi connectivity index (χ3n) is 3.05. The van der Waals surface area contributed by atoms with Gasteiger partial charge in [-0.15, -0.1) is 0 Å². The van der Waals surface area contributed by atoms with Gasteiger partial charge in [0, 0.05) is 18.9 Å². The average Bonchev–Trinajstić information content (AvgIpc) is 2.66. The number of ether oxygens (including phenoxy) is 1. The van der Waals surface area contributed by atoms with Gasteiger partial charge in [-0.25, -0.2) is 8.78 Å². The van der Waals surface area contributed by atoms with Crippen molar-refractivity contribution in [2.75, 3.05) is 6.61 Å². The molecule has 1 aromatic rings. The fraction of sp³-hybridized carbons (Fsp3) is 0.462. The molecular formula is C13H12ClF2NO. The quantitative estimate of drug-likeness (QED) is 0.832. The molecule has 18 heavy (non-hydrogen) atoms. The Hall–Kier alpha value is -1.34. The first-order valence-electron chi connectivity index (χ1n) is 5.70. The molecule has 5 heteroatoms. The molecule has 96 valence electrons. The van der Waals surface area contributed by atoms with Crippen LogP contribution in [0.5, 0.6) is 5.75 Å². The largest absolute Gasteiger partial charge is 0.493 e. The molecule has 0 aromatic heterocycles. The van der Waals surface area contributed by atoms with E-state index in [1.165, 1.54) is 6.07 Å². The Labute approximate surface area is 109 Å². The Morgan fingerprint density at radius 1 is 1.50 bits per heavy atom. The smallest absolute Gasteiger partial charge is 0.248 e. The van der Waals surface area contributed by atoms with Gasteiger partial charge in [0.2, 0.25) is 5.92 Å². The van der Waals surface area contributed by atoms with Crippen LogP contribution in [-0.2, 0) is 0 Å². The van der Waals surface area contributed by atoms with Gasteiger partial charge in [0.25, 0.3) is 0 Å². The zero-order valence-corrected chi connectivity index (χ0v) is 10.4. The molecule has 0 N–H and O–H groups in total. The van der Waals surface area contributed by atoms with Crippen LogP contribution in [-0.4, -0.2) is 12.5 Å². The van der Waals surface area contributed by atoms with Crippen LogP contribution < -0.4 is 4.74 Å². The average molecular weight is 272 g/mol. The number of nitrogens with zero attached hydrogens (tertiary/aromatic N) is 1. The van der Waals surface area contributed by atoms with Crippen LogP contribution in [0.4, 0.5) is 8.78 Å². The number of benzene rings is 1. The van der Waals surface area contributed by atoms with Crippen molar-refractivity contribution in [3.63, 3.8) is 0 Å². The highest BCUT2D eigenvalue weighted by molar-refractivity contribution is 6.31. The van der Waals surface area contributed by atoms with Gasteiger partial charge in [0.05, 0.1) is 17.2 Å². The summed E-state index contributed by atoms with van der Waals surface area (Å²) in [4.78, 5) is 0. The lowest BCUT2D eigenvalue weighted by Crippen LogP contribution is -2.13. The second kappa shape index (κ2) is 5.11. The van der Waals surface area contributed by atoms with Gasteiger partial charge in [-0.1, -0.05) is 11.6 Å². The Morgan fingerprint density at radius 3 is 2.83 bits per heavy atom. The molecule has 0 radical (unpaired) electrons. The highest BCUT2D eigenvalue weighted by Crippen LogP contribution is 2.39. The molecule has 1 aromatic carbocycles. The SMILES string of the molecule is N#Cc1ccc(OCC2CCC(F)(F)C2)cc1Cl. The van der Waals surface area contributed by atoms with E-state index in [0.717, 1.165) is 0 Å². The van der Waals surface area contributed by atoms with Crippen molar-refractivity contribution < 1.29 is 13.5 Å². The first-order chi connectivity index (χ1) is 8.50. The molecule has 0 amide bonds. The van der Waals surface area contributed by atoms with Crippen molar-refractivity contribution in [1.29, 1.82) is 5.26 Å². The molecule has 0 bridgehead atoms. The maximum absolute atomic E-state index is 13.0. The Morgan fingerprint density at radius 2 is 2.28 bits per heavy atom. The van der Waals surface area contributed by atoms with E-state index < -0.39 is 5.92 Å². The maximum atomic E-state index is 13.0. The summed E-state index contributed by atoms with van der Waals surface area (Å²) in [5.74, 6) is -2.15. The van der Waals surface area contributed by atoms with Gasteiger partial charge in [-0.3, -0.25) is 0 Å². The normalized spacial score (nSPS) is 21.6. The lowest BCUT2D eigenvalue weighted by molar-refractivity contribution is 0.00292. The molecular weight excluding hydrogens is 260 g/mol. The highest BCUT2D eigenvalue weighted by Gasteiger charge is 2.39. The van der Waals surface area contributed by atoms with E-state index in [9.17, 15) is 8.78 Å². The number of alkyl halides is 2. The third kappa shape index (κ3) is 3.11. The molecule has 0 heterocycles. The van der Waals surface area contributed by atoms with E-state index in [1.807, 2.05) is 6.07 Å². The minimum absolute atomic E-state index is 0.0604. The van der Waals surface area contributed by atoms with Gasteiger partial charge in [-0.2, -0.15) is 5.26 Å². The van der Waals surface area contributed by atoms with E-state index in [4.69, 9.17) is 21.6 Å². The summed E-state index contributed by atoms with van der Waals surface area (Å²) in [5, 5.41) is 9.02. The van der Waals surface area contributed by atoms with E-state index in [1.54, 1.807) is 12.1 Å². The van der Waals surface area contributed by atoms with Crippen molar-refractivity contribution in [3.8, 4) is 11.8 Å². The summed E-state index contributed by atoms with van der Waals surface area (Å²) < 4.78 is 31.4. The molecule has 2 rings (SSSR count). The molecule has 0 spiro atoms. The topological polar surface area (TPSA) is 33.0 Å². The summed E-state index contributed by atoms with van der Waals surface area (Å²) in [6.07, 6.45) is 0.309. The Balaban J connectivity index is 1.92. The summed E-state index contributed by atoms with van der Waals surface area (Å²) in [6.45, 7) is 0.262. The van der Waals surface area contributed by atoms with Crippen molar-refractivity contribution in [1.82, 2.24) is 0 Å². The van der Waals surface area contributed by atoms with Crippen LogP contribution in [0.25, 0.3) is 0 Å². The standard InChI is InChI=1S/C13H12ClF2NO/c14-12-5-11(2-1-10(12)7-17)18-8-9-3-4-13(15,16)6-9/h1-2,5,9H,3-4,6,8H2. The fourth-order valence-corrected chi connectivity index (χ4v) is 2.29. The van der Waals surface area contributed by atoms with Crippen LogP contribution in [0.3, 0.4) is 0 Å². The Kier molecular flexibility index (Phi) is 3.72. The number of halogens is 3. The van der Waals surface area contributed by atoms with E-state index in [2.05, 4.69) is 0 Å². The predicted molar refractivity (Wildman–Crippen MR) is 64.0 cm³/mol. The molecule has 0 saturated heterocycles. The first-order valence-corrected chi connectivity index (χ1v) is 6.08.